The van der Waals surface area contributed by atoms with Gasteiger partial charge in [-0.3, -0.25) is 0 Å². The molecule has 0 aliphatic carbocycles. The predicted octanol–water partition coefficient (Wildman–Crippen LogP) is 3.62. The predicted molar refractivity (Wildman–Crippen MR) is 112 cm³/mol. The van der Waals surface area contributed by atoms with Crippen LogP contribution in [0, 0.1) is 6.92 Å². The van der Waals surface area contributed by atoms with Gasteiger partial charge < -0.3 is 19.9 Å². The van der Waals surface area contributed by atoms with E-state index in [1.807, 2.05) is 31.2 Å². The van der Waals surface area contributed by atoms with Crippen molar-refractivity contribution in [1.29, 1.82) is 0 Å². The van der Waals surface area contributed by atoms with E-state index in [-0.39, 0.29) is 5.11 Å². The third-order valence-electron chi connectivity index (χ3n) is 3.57. The first-order valence-electron chi connectivity index (χ1n) is 8.17. The van der Waals surface area contributed by atoms with Gasteiger partial charge in [-0.15, -0.1) is 0 Å². The molecule has 0 atom stereocenters. The largest absolute Gasteiger partial charge is 0.493 e. The first kappa shape index (κ1) is 20.8. The van der Waals surface area contributed by atoms with Crippen molar-refractivity contribution >= 4 is 35.1 Å². The van der Waals surface area contributed by atoms with Crippen LogP contribution in [0.15, 0.2) is 41.5 Å². The van der Waals surface area contributed by atoms with E-state index in [9.17, 15) is 0 Å². The average Bonchev–Trinajstić information content (AvgIpc) is 2.65. The number of methoxy groups -OCH3 is 1. The summed E-state index contributed by atoms with van der Waals surface area (Å²) in [4.78, 5) is 0. The average molecular weight is 408 g/mol. The van der Waals surface area contributed by atoms with Crippen LogP contribution in [0.1, 0.15) is 11.1 Å². The maximum absolute atomic E-state index is 6.33. The van der Waals surface area contributed by atoms with Crippen molar-refractivity contribution in [1.82, 2.24) is 5.01 Å². The lowest BCUT2D eigenvalue weighted by molar-refractivity contribution is 0.211. The molecule has 144 valence electrons. The van der Waals surface area contributed by atoms with Crippen LogP contribution < -0.4 is 19.9 Å². The number of benzene rings is 2. The molecule has 0 aliphatic rings. The Kier molecular flexibility index (Phi) is 7.69. The standard InChI is InChI=1S/C19H22ClN3O3S/c1-13-4-6-15(7-5-13)25-8-9-26-18-16(20)10-14(11-17(18)24-3)12-22-23(2)19(21)27/h4-7,10-12H,8-9H2,1-3H3,(H2,21,27)/b22-12+. The van der Waals surface area contributed by atoms with Crippen molar-refractivity contribution in [3.8, 4) is 17.2 Å². The van der Waals surface area contributed by atoms with Gasteiger partial charge in [-0.25, -0.2) is 5.01 Å². The Balaban J connectivity index is 1.99. The summed E-state index contributed by atoms with van der Waals surface area (Å²) in [5.41, 5.74) is 7.39. The second kappa shape index (κ2) is 9.99. The van der Waals surface area contributed by atoms with Gasteiger partial charge in [-0.05, 0) is 49.0 Å². The summed E-state index contributed by atoms with van der Waals surface area (Å²) in [5.74, 6) is 1.74. The van der Waals surface area contributed by atoms with Gasteiger partial charge in [0, 0.05) is 7.05 Å². The highest BCUT2D eigenvalue weighted by atomic mass is 35.5. The molecule has 0 aromatic heterocycles. The molecule has 0 radical (unpaired) electrons. The Morgan fingerprint density at radius 3 is 2.52 bits per heavy atom. The smallest absolute Gasteiger partial charge is 0.186 e. The molecule has 2 rings (SSSR count). The zero-order chi connectivity index (χ0) is 19.8. The third-order valence-corrected chi connectivity index (χ3v) is 4.12. The lowest BCUT2D eigenvalue weighted by Gasteiger charge is -2.14. The van der Waals surface area contributed by atoms with E-state index in [2.05, 4.69) is 5.10 Å². The number of thiocarbonyl (C=S) groups is 1. The number of halogens is 1. The van der Waals surface area contributed by atoms with Crippen LogP contribution >= 0.6 is 23.8 Å². The fourth-order valence-electron chi connectivity index (χ4n) is 2.10. The van der Waals surface area contributed by atoms with Crippen LogP contribution in [0.3, 0.4) is 0 Å². The number of nitrogens with two attached hydrogens (primary N) is 1. The number of hydrogen-bond acceptors (Lipinski definition) is 5. The minimum absolute atomic E-state index is 0.165. The molecular formula is C19H22ClN3O3S. The summed E-state index contributed by atoms with van der Waals surface area (Å²) in [6.07, 6.45) is 1.58. The highest BCUT2D eigenvalue weighted by Crippen LogP contribution is 2.36. The molecule has 0 saturated carbocycles. The van der Waals surface area contributed by atoms with E-state index in [1.54, 1.807) is 32.5 Å². The van der Waals surface area contributed by atoms with Gasteiger partial charge in [0.25, 0.3) is 0 Å². The zero-order valence-electron chi connectivity index (χ0n) is 15.4. The van der Waals surface area contributed by atoms with Crippen molar-refractivity contribution in [2.24, 2.45) is 10.8 Å². The number of ether oxygens (including phenoxy) is 3. The monoisotopic (exact) mass is 407 g/mol. The molecule has 0 spiro atoms. The molecule has 0 fully saturated rings. The topological polar surface area (TPSA) is 69.3 Å². The molecule has 27 heavy (non-hydrogen) atoms. The molecule has 0 aliphatic heterocycles. The Morgan fingerprint density at radius 2 is 1.89 bits per heavy atom. The molecule has 0 amide bonds. The van der Waals surface area contributed by atoms with Crippen molar-refractivity contribution in [3.05, 3.63) is 52.5 Å². The molecule has 2 aromatic carbocycles. The maximum atomic E-state index is 6.33. The van der Waals surface area contributed by atoms with Gasteiger partial charge in [0.05, 0.1) is 18.3 Å². The van der Waals surface area contributed by atoms with E-state index in [0.29, 0.717) is 29.7 Å². The van der Waals surface area contributed by atoms with E-state index < -0.39 is 0 Å². The number of hydrogen-bond donors (Lipinski definition) is 1. The quantitative estimate of drug-likeness (QED) is 0.312. The highest BCUT2D eigenvalue weighted by molar-refractivity contribution is 7.80. The second-order valence-electron chi connectivity index (χ2n) is 5.65. The van der Waals surface area contributed by atoms with Crippen LogP contribution in [0.4, 0.5) is 0 Å². The van der Waals surface area contributed by atoms with Gasteiger partial charge in [0.1, 0.15) is 19.0 Å². The number of nitrogens with zero attached hydrogens (tertiary/aromatic N) is 2. The Bertz CT molecular complexity index is 813. The first-order valence-corrected chi connectivity index (χ1v) is 8.96. The van der Waals surface area contributed by atoms with E-state index in [4.69, 9.17) is 43.8 Å². The van der Waals surface area contributed by atoms with Gasteiger partial charge in [-0.2, -0.15) is 5.10 Å². The second-order valence-corrected chi connectivity index (χ2v) is 6.48. The molecule has 0 saturated heterocycles. The van der Waals surface area contributed by atoms with Gasteiger partial charge >= 0.3 is 0 Å². The van der Waals surface area contributed by atoms with Crippen molar-refractivity contribution in [2.75, 3.05) is 27.4 Å². The number of hydrazone groups is 1. The molecule has 0 unspecified atom stereocenters. The minimum atomic E-state index is 0.165. The lowest BCUT2D eigenvalue weighted by atomic mass is 10.2. The summed E-state index contributed by atoms with van der Waals surface area (Å²) in [6.45, 7) is 2.73. The number of rotatable bonds is 8. The third kappa shape index (κ3) is 6.30. The summed E-state index contributed by atoms with van der Waals surface area (Å²) in [7, 11) is 3.20. The molecule has 8 heteroatoms. The molecule has 2 N–H and O–H groups in total. The molecular weight excluding hydrogens is 386 g/mol. The van der Waals surface area contributed by atoms with E-state index >= 15 is 0 Å². The van der Waals surface area contributed by atoms with Gasteiger partial charge in [0.15, 0.2) is 16.6 Å². The van der Waals surface area contributed by atoms with Crippen LogP contribution in [-0.4, -0.2) is 43.7 Å². The summed E-state index contributed by atoms with van der Waals surface area (Å²) >= 11 is 11.2. The van der Waals surface area contributed by atoms with Crippen LogP contribution in [0.5, 0.6) is 17.2 Å². The Morgan fingerprint density at radius 1 is 1.22 bits per heavy atom. The lowest BCUT2D eigenvalue weighted by Crippen LogP contribution is -2.27. The van der Waals surface area contributed by atoms with Gasteiger partial charge in [-0.1, -0.05) is 29.3 Å². The summed E-state index contributed by atoms with van der Waals surface area (Å²) in [6, 6.07) is 11.3. The molecule has 0 bridgehead atoms. The van der Waals surface area contributed by atoms with Crippen molar-refractivity contribution in [3.63, 3.8) is 0 Å². The highest BCUT2D eigenvalue weighted by Gasteiger charge is 2.12. The summed E-state index contributed by atoms with van der Waals surface area (Å²) < 4.78 is 16.8. The Labute approximate surface area is 169 Å². The fourth-order valence-corrected chi connectivity index (χ4v) is 2.42. The molecule has 0 heterocycles. The van der Waals surface area contributed by atoms with Crippen molar-refractivity contribution < 1.29 is 14.2 Å². The van der Waals surface area contributed by atoms with Crippen LogP contribution in [-0.2, 0) is 0 Å². The van der Waals surface area contributed by atoms with Crippen LogP contribution in [0.2, 0.25) is 5.02 Å². The van der Waals surface area contributed by atoms with E-state index in [1.165, 1.54) is 10.6 Å². The normalized spacial score (nSPS) is 10.7. The number of aryl methyl sites for hydroxylation is 1. The SMILES string of the molecule is COc1cc(/C=N/N(C)C(N)=S)cc(Cl)c1OCCOc1ccc(C)cc1. The van der Waals surface area contributed by atoms with Gasteiger partial charge in [0.2, 0.25) is 0 Å². The minimum Gasteiger partial charge on any atom is -0.493 e. The van der Waals surface area contributed by atoms with Crippen LogP contribution in [0.25, 0.3) is 0 Å². The zero-order valence-corrected chi connectivity index (χ0v) is 17.0. The Hall–Kier alpha value is -2.51. The van der Waals surface area contributed by atoms with Crippen molar-refractivity contribution in [2.45, 2.75) is 6.92 Å². The fraction of sp³-hybridized carbons (Fsp3) is 0.263. The van der Waals surface area contributed by atoms with E-state index in [0.717, 1.165) is 11.3 Å². The summed E-state index contributed by atoms with van der Waals surface area (Å²) in [5, 5.41) is 6.07. The first-order chi connectivity index (χ1) is 12.9. The molecule has 6 nitrogen and oxygen atoms in total. The molecule has 2 aromatic rings. The maximum Gasteiger partial charge on any atom is 0.186 e.